The van der Waals surface area contributed by atoms with E-state index in [0.717, 1.165) is 5.56 Å². The Morgan fingerprint density at radius 1 is 1.30 bits per heavy atom. The highest BCUT2D eigenvalue weighted by molar-refractivity contribution is 5.69. The average molecular weight is 307 g/mol. The molecule has 2 N–H and O–H groups in total. The van der Waals surface area contributed by atoms with Crippen LogP contribution in [0.1, 0.15) is 18.3 Å². The van der Waals surface area contributed by atoms with Gasteiger partial charge in [-0.3, -0.25) is 0 Å². The molecule has 0 bridgehead atoms. The van der Waals surface area contributed by atoms with Crippen LogP contribution in [-0.2, 0) is 11.3 Å². The van der Waals surface area contributed by atoms with Gasteiger partial charge in [-0.25, -0.2) is 15.0 Å². The van der Waals surface area contributed by atoms with Crippen LogP contribution in [0.5, 0.6) is 0 Å². The minimum Gasteiger partial charge on any atom is -0.462 e. The molecule has 6 nitrogen and oxygen atoms in total. The third kappa shape index (κ3) is 2.91. The highest BCUT2D eigenvalue weighted by atomic mass is 16.5. The van der Waals surface area contributed by atoms with E-state index in [0.29, 0.717) is 35.5 Å². The largest absolute Gasteiger partial charge is 0.462 e. The third-order valence-electron chi connectivity index (χ3n) is 3.38. The topological polar surface area (TPSA) is 78.9 Å². The molecule has 116 valence electrons. The van der Waals surface area contributed by atoms with Crippen LogP contribution in [0.2, 0.25) is 0 Å². The highest BCUT2D eigenvalue weighted by Gasteiger charge is 2.21. The molecule has 0 saturated carbocycles. The quantitative estimate of drug-likeness (QED) is 0.733. The number of allylic oxidation sites excluding steroid dienone is 1. The number of hydrogen-bond acceptors (Lipinski definition) is 5. The lowest BCUT2D eigenvalue weighted by molar-refractivity contribution is 0.433. The molecule has 0 aromatic heterocycles. The summed E-state index contributed by atoms with van der Waals surface area (Å²) in [5.74, 6) is 2.01. The van der Waals surface area contributed by atoms with E-state index >= 15 is 0 Å². The number of rotatable bonds is 5. The van der Waals surface area contributed by atoms with Gasteiger partial charge in [0.25, 0.3) is 0 Å². The van der Waals surface area contributed by atoms with Crippen molar-refractivity contribution in [1.29, 1.82) is 0 Å². The van der Waals surface area contributed by atoms with Crippen LogP contribution in [0.25, 0.3) is 17.3 Å². The molecule has 0 unspecified atom stereocenters. The van der Waals surface area contributed by atoms with Gasteiger partial charge in [0.05, 0.1) is 19.1 Å². The van der Waals surface area contributed by atoms with Crippen molar-refractivity contribution in [1.82, 2.24) is 19.5 Å². The number of nitrogens with zero attached hydrogens (tertiary/aromatic N) is 4. The first-order valence-corrected chi connectivity index (χ1v) is 7.19. The second-order valence-electron chi connectivity index (χ2n) is 4.90. The number of ether oxygens (including phenoxy) is 1. The maximum atomic E-state index is 5.94. The van der Waals surface area contributed by atoms with Gasteiger partial charge in [0.1, 0.15) is 0 Å². The van der Waals surface area contributed by atoms with Gasteiger partial charge in [0, 0.05) is 0 Å². The van der Waals surface area contributed by atoms with Gasteiger partial charge in [-0.05, 0) is 18.6 Å². The van der Waals surface area contributed by atoms with E-state index in [9.17, 15) is 0 Å². The summed E-state index contributed by atoms with van der Waals surface area (Å²) < 4.78 is 7.25. The van der Waals surface area contributed by atoms with E-state index in [-0.39, 0.29) is 0 Å². The molecule has 0 spiro atoms. The predicted octanol–water partition coefficient (Wildman–Crippen LogP) is 2.93. The van der Waals surface area contributed by atoms with Crippen molar-refractivity contribution < 1.29 is 4.74 Å². The lowest BCUT2D eigenvalue weighted by Crippen LogP contribution is -2.09. The van der Waals surface area contributed by atoms with Crippen molar-refractivity contribution in [2.24, 2.45) is 0 Å². The fourth-order valence-corrected chi connectivity index (χ4v) is 2.30. The Bertz CT molecular complexity index is 822. The molecule has 2 aliphatic rings. The van der Waals surface area contributed by atoms with Crippen LogP contribution in [0.3, 0.4) is 0 Å². The number of fused-ring (bicyclic) bond motifs is 1. The number of nitrogen functional groups attached to an aromatic ring is 1. The fraction of sp³-hybridized carbons (Fsp3) is 0.118. The first-order valence-electron chi connectivity index (χ1n) is 7.19. The molecule has 2 aliphatic heterocycles. The molecule has 0 aliphatic carbocycles. The van der Waals surface area contributed by atoms with Crippen molar-refractivity contribution in [3.05, 3.63) is 67.0 Å². The van der Waals surface area contributed by atoms with Gasteiger partial charge >= 0.3 is 0 Å². The number of aromatic nitrogens is 4. The van der Waals surface area contributed by atoms with Gasteiger partial charge < -0.3 is 15.0 Å². The minimum atomic E-state index is 0.345. The zero-order valence-corrected chi connectivity index (χ0v) is 12.8. The van der Waals surface area contributed by atoms with E-state index in [1.807, 2.05) is 41.8 Å². The van der Waals surface area contributed by atoms with Crippen LogP contribution in [0.4, 0.5) is 5.82 Å². The van der Waals surface area contributed by atoms with Gasteiger partial charge in [0.15, 0.2) is 28.9 Å². The van der Waals surface area contributed by atoms with Crippen LogP contribution in [-0.4, -0.2) is 19.5 Å². The Kier molecular flexibility index (Phi) is 4.05. The zero-order valence-electron chi connectivity index (χ0n) is 12.8. The summed E-state index contributed by atoms with van der Waals surface area (Å²) in [4.78, 5) is 13.2. The standard InChI is InChI=1S/C17H17N5O/c1-3-13(23-4-2)16-20-14-15(18)19-11-22(17(14)21-16)10-12-8-6-5-7-9-12/h3-9,11H,2,10,18H2,1H3/b13-3-. The summed E-state index contributed by atoms with van der Waals surface area (Å²) in [6.45, 7) is 6.04. The summed E-state index contributed by atoms with van der Waals surface area (Å²) >= 11 is 0. The van der Waals surface area contributed by atoms with Crippen LogP contribution in [0, 0.1) is 0 Å². The summed E-state index contributed by atoms with van der Waals surface area (Å²) in [5, 5.41) is 0. The van der Waals surface area contributed by atoms with E-state index in [1.165, 1.54) is 6.26 Å². The maximum Gasteiger partial charge on any atom is 0.198 e. The lowest BCUT2D eigenvalue weighted by Gasteiger charge is -2.11. The summed E-state index contributed by atoms with van der Waals surface area (Å²) in [7, 11) is 0. The lowest BCUT2D eigenvalue weighted by atomic mass is 10.2. The predicted molar refractivity (Wildman–Crippen MR) is 89.3 cm³/mol. The molecule has 3 rings (SSSR count). The molecular formula is C17H17N5O. The smallest absolute Gasteiger partial charge is 0.198 e. The fourth-order valence-electron chi connectivity index (χ4n) is 2.30. The zero-order chi connectivity index (χ0) is 16.2. The van der Waals surface area contributed by atoms with Crippen molar-refractivity contribution in [2.75, 3.05) is 5.73 Å². The third-order valence-corrected chi connectivity index (χ3v) is 3.38. The summed E-state index contributed by atoms with van der Waals surface area (Å²) in [6.07, 6.45) is 4.80. The van der Waals surface area contributed by atoms with Crippen molar-refractivity contribution >= 4 is 11.6 Å². The van der Waals surface area contributed by atoms with Crippen molar-refractivity contribution in [3.8, 4) is 11.5 Å². The molecule has 0 saturated heterocycles. The molecule has 0 amide bonds. The van der Waals surface area contributed by atoms with Crippen LogP contribution >= 0.6 is 0 Å². The Labute approximate surface area is 134 Å². The summed E-state index contributed by atoms with van der Waals surface area (Å²) in [6, 6.07) is 10.1. The molecule has 1 aromatic rings. The maximum absolute atomic E-state index is 5.94. The SMILES string of the molecule is C=CO/C(=C\C)c1nc2c(N)ncn(Cc3ccccc3)c-2n1. The van der Waals surface area contributed by atoms with E-state index in [1.54, 1.807) is 12.4 Å². The minimum absolute atomic E-state index is 0.345. The van der Waals surface area contributed by atoms with Gasteiger partial charge in [-0.1, -0.05) is 36.9 Å². The molecule has 0 atom stereocenters. The van der Waals surface area contributed by atoms with E-state index in [4.69, 9.17) is 10.5 Å². The molecule has 23 heavy (non-hydrogen) atoms. The number of nitrogens with two attached hydrogens (primary N) is 1. The molecule has 1 aromatic carbocycles. The number of imidazole rings is 1. The molecule has 2 heterocycles. The Morgan fingerprint density at radius 2 is 2.09 bits per heavy atom. The van der Waals surface area contributed by atoms with Crippen molar-refractivity contribution in [2.45, 2.75) is 13.5 Å². The highest BCUT2D eigenvalue weighted by Crippen LogP contribution is 2.27. The first kappa shape index (κ1) is 14.8. The average Bonchev–Trinajstić information content (AvgIpc) is 3.02. The van der Waals surface area contributed by atoms with Crippen molar-refractivity contribution in [3.63, 3.8) is 0 Å². The first-order chi connectivity index (χ1) is 11.2. The Morgan fingerprint density at radius 3 is 2.78 bits per heavy atom. The molecule has 6 heteroatoms. The van der Waals surface area contributed by atoms with Crippen LogP contribution in [0.15, 0.2) is 55.6 Å². The van der Waals surface area contributed by atoms with E-state index in [2.05, 4.69) is 21.5 Å². The van der Waals surface area contributed by atoms with Crippen LogP contribution < -0.4 is 5.73 Å². The number of hydrogen-bond donors (Lipinski definition) is 1. The van der Waals surface area contributed by atoms with Gasteiger partial charge in [0.2, 0.25) is 0 Å². The Hall–Kier alpha value is -3.15. The Balaban J connectivity index is 2.05. The van der Waals surface area contributed by atoms with E-state index < -0.39 is 0 Å². The normalized spacial score (nSPS) is 11.6. The second kappa shape index (κ2) is 6.31. The number of anilines is 1. The molecule has 0 radical (unpaired) electrons. The number of benzene rings is 1. The van der Waals surface area contributed by atoms with Gasteiger partial charge in [-0.15, -0.1) is 0 Å². The molecular weight excluding hydrogens is 290 g/mol. The summed E-state index contributed by atoms with van der Waals surface area (Å²) in [5.41, 5.74) is 7.64. The molecule has 0 fully saturated rings. The van der Waals surface area contributed by atoms with Gasteiger partial charge in [-0.2, -0.15) is 0 Å². The monoisotopic (exact) mass is 307 g/mol. The second-order valence-corrected chi connectivity index (χ2v) is 4.90.